The summed E-state index contributed by atoms with van der Waals surface area (Å²) in [4.78, 5) is 8.34. The molecular weight excluding hydrogens is 294 g/mol. The van der Waals surface area contributed by atoms with E-state index in [1.807, 2.05) is 25.1 Å². The average Bonchev–Trinajstić information content (AvgIpc) is 2.42. The summed E-state index contributed by atoms with van der Waals surface area (Å²) >= 11 is 3.51. The van der Waals surface area contributed by atoms with E-state index < -0.39 is 0 Å². The number of halogens is 1. The molecule has 1 heterocycles. The van der Waals surface area contributed by atoms with Crippen LogP contribution in [-0.2, 0) is 0 Å². The molecule has 4 nitrogen and oxygen atoms in total. The molecule has 2 rings (SSSR count). The van der Waals surface area contributed by atoms with Crippen molar-refractivity contribution in [2.24, 2.45) is 0 Å². The summed E-state index contributed by atoms with van der Waals surface area (Å²) in [6, 6.07) is 5.87. The predicted octanol–water partition coefficient (Wildman–Crippen LogP) is 3.42. The van der Waals surface area contributed by atoms with E-state index in [1.165, 1.54) is 0 Å². The van der Waals surface area contributed by atoms with E-state index in [2.05, 4.69) is 31.2 Å². The van der Waals surface area contributed by atoms with E-state index in [4.69, 9.17) is 4.74 Å². The van der Waals surface area contributed by atoms with Crippen LogP contribution in [0.15, 0.2) is 41.3 Å². The molecule has 18 heavy (non-hydrogen) atoms. The van der Waals surface area contributed by atoms with Crippen molar-refractivity contribution in [3.63, 3.8) is 0 Å². The Balaban J connectivity index is 2.18. The Hall–Kier alpha value is -1.62. The van der Waals surface area contributed by atoms with Gasteiger partial charge in [0.25, 0.3) is 0 Å². The molecule has 0 saturated heterocycles. The maximum Gasteiger partial charge on any atom is 0.121 e. The number of methoxy groups -OCH3 is 1. The van der Waals surface area contributed by atoms with Crippen LogP contribution in [0.4, 0.5) is 5.69 Å². The second kappa shape index (κ2) is 5.82. The standard InChI is InChI=1S/C13H14BrN3O/c1-9(13-8-15-5-6-16-13)17-12-7-10(18-2)3-4-11(12)14/h3-9,17H,1-2H3. The molecule has 0 bridgehead atoms. The average molecular weight is 308 g/mol. The lowest BCUT2D eigenvalue weighted by Crippen LogP contribution is -2.09. The number of ether oxygens (including phenoxy) is 1. The van der Waals surface area contributed by atoms with Gasteiger partial charge >= 0.3 is 0 Å². The maximum atomic E-state index is 5.21. The van der Waals surface area contributed by atoms with Gasteiger partial charge in [0, 0.05) is 22.9 Å². The first kappa shape index (κ1) is 12.8. The van der Waals surface area contributed by atoms with Crippen molar-refractivity contribution in [1.29, 1.82) is 0 Å². The molecule has 1 N–H and O–H groups in total. The van der Waals surface area contributed by atoms with Gasteiger partial charge < -0.3 is 10.1 Å². The lowest BCUT2D eigenvalue weighted by atomic mass is 10.2. The van der Waals surface area contributed by atoms with Gasteiger partial charge in [-0.2, -0.15) is 0 Å². The third kappa shape index (κ3) is 2.98. The molecule has 1 aromatic carbocycles. The minimum absolute atomic E-state index is 0.0714. The summed E-state index contributed by atoms with van der Waals surface area (Å²) in [5, 5.41) is 3.37. The number of hydrogen-bond donors (Lipinski definition) is 1. The molecule has 1 aromatic heterocycles. The van der Waals surface area contributed by atoms with E-state index >= 15 is 0 Å². The third-order valence-electron chi connectivity index (χ3n) is 2.57. The number of hydrogen-bond acceptors (Lipinski definition) is 4. The Morgan fingerprint density at radius 1 is 1.33 bits per heavy atom. The number of aromatic nitrogens is 2. The summed E-state index contributed by atoms with van der Waals surface area (Å²) in [5.41, 5.74) is 1.86. The van der Waals surface area contributed by atoms with E-state index in [1.54, 1.807) is 25.7 Å². The molecule has 94 valence electrons. The number of benzene rings is 1. The van der Waals surface area contributed by atoms with Gasteiger partial charge in [0.2, 0.25) is 0 Å². The fourth-order valence-electron chi connectivity index (χ4n) is 1.58. The summed E-state index contributed by atoms with van der Waals surface area (Å²) in [7, 11) is 1.65. The number of anilines is 1. The van der Waals surface area contributed by atoms with Crippen LogP contribution in [0.5, 0.6) is 5.75 Å². The normalized spacial score (nSPS) is 11.9. The molecule has 0 aliphatic rings. The zero-order chi connectivity index (χ0) is 13.0. The molecule has 5 heteroatoms. The molecule has 0 amide bonds. The van der Waals surface area contributed by atoms with Gasteiger partial charge in [0.05, 0.1) is 30.7 Å². The Morgan fingerprint density at radius 3 is 2.83 bits per heavy atom. The highest BCUT2D eigenvalue weighted by Gasteiger charge is 2.09. The van der Waals surface area contributed by atoms with E-state index in [0.717, 1.165) is 21.6 Å². The van der Waals surface area contributed by atoms with Crippen LogP contribution < -0.4 is 10.1 Å². The highest BCUT2D eigenvalue weighted by atomic mass is 79.9. The monoisotopic (exact) mass is 307 g/mol. The topological polar surface area (TPSA) is 47.0 Å². The Kier molecular flexibility index (Phi) is 4.15. The van der Waals surface area contributed by atoms with Crippen LogP contribution in [0.2, 0.25) is 0 Å². The van der Waals surface area contributed by atoms with Crippen LogP contribution in [0.3, 0.4) is 0 Å². The van der Waals surface area contributed by atoms with Crippen LogP contribution >= 0.6 is 15.9 Å². The second-order valence-corrected chi connectivity index (χ2v) is 4.70. The first-order valence-electron chi connectivity index (χ1n) is 5.56. The molecule has 0 aliphatic carbocycles. The van der Waals surface area contributed by atoms with Gasteiger partial charge in [-0.3, -0.25) is 9.97 Å². The van der Waals surface area contributed by atoms with Crippen molar-refractivity contribution in [3.05, 3.63) is 47.0 Å². The van der Waals surface area contributed by atoms with Crippen LogP contribution in [0, 0.1) is 0 Å². The first-order chi connectivity index (χ1) is 8.70. The van der Waals surface area contributed by atoms with Crippen molar-refractivity contribution in [2.75, 3.05) is 12.4 Å². The predicted molar refractivity (Wildman–Crippen MR) is 74.8 cm³/mol. The summed E-state index contributed by atoms with van der Waals surface area (Å²) in [6.45, 7) is 2.04. The molecular formula is C13H14BrN3O. The molecule has 1 atom stereocenters. The Labute approximate surface area is 115 Å². The molecule has 0 radical (unpaired) electrons. The van der Waals surface area contributed by atoms with Crippen LogP contribution in [0.1, 0.15) is 18.7 Å². The van der Waals surface area contributed by atoms with Crippen molar-refractivity contribution >= 4 is 21.6 Å². The summed E-state index contributed by atoms with van der Waals surface area (Å²) in [6.07, 6.45) is 5.11. The van der Waals surface area contributed by atoms with Crippen molar-refractivity contribution in [2.45, 2.75) is 13.0 Å². The van der Waals surface area contributed by atoms with Crippen LogP contribution in [-0.4, -0.2) is 17.1 Å². The van der Waals surface area contributed by atoms with Gasteiger partial charge in [0.15, 0.2) is 0 Å². The fourth-order valence-corrected chi connectivity index (χ4v) is 1.94. The van der Waals surface area contributed by atoms with E-state index in [9.17, 15) is 0 Å². The zero-order valence-corrected chi connectivity index (χ0v) is 11.8. The Bertz CT molecular complexity index is 519. The van der Waals surface area contributed by atoms with Gasteiger partial charge in [-0.05, 0) is 35.0 Å². The Morgan fingerprint density at radius 2 is 2.17 bits per heavy atom. The molecule has 0 fully saturated rings. The summed E-state index contributed by atoms with van der Waals surface area (Å²) in [5.74, 6) is 0.812. The largest absolute Gasteiger partial charge is 0.497 e. The maximum absolute atomic E-state index is 5.21. The van der Waals surface area contributed by atoms with Gasteiger partial charge in [0.1, 0.15) is 5.75 Å². The van der Waals surface area contributed by atoms with Gasteiger partial charge in [-0.25, -0.2) is 0 Å². The van der Waals surface area contributed by atoms with Crippen LogP contribution in [0.25, 0.3) is 0 Å². The van der Waals surface area contributed by atoms with Gasteiger partial charge in [-0.15, -0.1) is 0 Å². The lowest BCUT2D eigenvalue weighted by molar-refractivity contribution is 0.415. The number of nitrogens with one attached hydrogen (secondary N) is 1. The number of rotatable bonds is 4. The minimum Gasteiger partial charge on any atom is -0.497 e. The molecule has 0 spiro atoms. The minimum atomic E-state index is 0.0714. The highest BCUT2D eigenvalue weighted by Crippen LogP contribution is 2.29. The molecule has 1 unspecified atom stereocenters. The molecule has 0 aliphatic heterocycles. The first-order valence-corrected chi connectivity index (χ1v) is 6.36. The van der Waals surface area contributed by atoms with Gasteiger partial charge in [-0.1, -0.05) is 0 Å². The summed E-state index contributed by atoms with van der Waals surface area (Å²) < 4.78 is 6.19. The second-order valence-electron chi connectivity index (χ2n) is 3.84. The quantitative estimate of drug-likeness (QED) is 0.940. The van der Waals surface area contributed by atoms with Crippen molar-refractivity contribution < 1.29 is 4.74 Å². The number of nitrogens with zero attached hydrogens (tertiary/aromatic N) is 2. The SMILES string of the molecule is COc1ccc(Br)c(NC(C)c2cnccn2)c1. The van der Waals surface area contributed by atoms with Crippen molar-refractivity contribution in [1.82, 2.24) is 9.97 Å². The van der Waals surface area contributed by atoms with E-state index in [0.29, 0.717) is 0 Å². The van der Waals surface area contributed by atoms with E-state index in [-0.39, 0.29) is 6.04 Å². The fraction of sp³-hybridized carbons (Fsp3) is 0.231. The van der Waals surface area contributed by atoms with Crippen molar-refractivity contribution in [3.8, 4) is 5.75 Å². The third-order valence-corrected chi connectivity index (χ3v) is 3.26. The smallest absolute Gasteiger partial charge is 0.121 e. The zero-order valence-electron chi connectivity index (χ0n) is 10.2. The lowest BCUT2D eigenvalue weighted by Gasteiger charge is -2.16. The highest BCUT2D eigenvalue weighted by molar-refractivity contribution is 9.10. The molecule has 2 aromatic rings. The molecule has 0 saturated carbocycles.